The lowest BCUT2D eigenvalue weighted by atomic mass is 9.53. The Morgan fingerprint density at radius 1 is 1.12 bits per heavy atom. The standard InChI is InChI=1S/C18H26N2O5/c21-15(25-14-2-4-24-16(14)22)1-3-19-17(23)20-18-8-11-5-12(9-18)7-13(6-11)10-18/h11-14H,1-10H2,(H2,19,20,23)/t11?,12?,13?,14-,18?/m0/s1. The summed E-state index contributed by atoms with van der Waals surface area (Å²) in [5.41, 5.74) is -0.0348. The molecule has 1 aliphatic heterocycles. The van der Waals surface area contributed by atoms with Crippen molar-refractivity contribution >= 4 is 18.0 Å². The van der Waals surface area contributed by atoms with Gasteiger partial charge in [0.25, 0.3) is 0 Å². The Bertz CT molecular complexity index is 541. The maximum Gasteiger partial charge on any atom is 0.347 e. The van der Waals surface area contributed by atoms with Gasteiger partial charge in [-0.05, 0) is 56.3 Å². The topological polar surface area (TPSA) is 93.7 Å². The van der Waals surface area contributed by atoms with Gasteiger partial charge >= 0.3 is 18.0 Å². The number of carbonyl (C=O) groups is 3. The zero-order valence-corrected chi connectivity index (χ0v) is 14.4. The highest BCUT2D eigenvalue weighted by Gasteiger charge is 2.51. The summed E-state index contributed by atoms with van der Waals surface area (Å²) < 4.78 is 9.80. The summed E-state index contributed by atoms with van der Waals surface area (Å²) in [6.07, 6.45) is 6.96. The largest absolute Gasteiger partial charge is 0.463 e. The van der Waals surface area contributed by atoms with Crippen LogP contribution < -0.4 is 10.6 Å². The summed E-state index contributed by atoms with van der Waals surface area (Å²) in [6.45, 7) is 0.501. The number of esters is 2. The van der Waals surface area contributed by atoms with Gasteiger partial charge in [-0.3, -0.25) is 4.79 Å². The highest BCUT2D eigenvalue weighted by molar-refractivity contribution is 5.81. The van der Waals surface area contributed by atoms with E-state index in [1.165, 1.54) is 19.3 Å². The van der Waals surface area contributed by atoms with Crippen LogP contribution in [-0.4, -0.2) is 42.8 Å². The summed E-state index contributed by atoms with van der Waals surface area (Å²) in [5, 5.41) is 5.96. The molecule has 0 spiro atoms. The van der Waals surface area contributed by atoms with E-state index in [0.717, 1.165) is 37.0 Å². The molecular weight excluding hydrogens is 324 g/mol. The van der Waals surface area contributed by atoms with Crippen LogP contribution in [0.4, 0.5) is 4.79 Å². The van der Waals surface area contributed by atoms with E-state index in [0.29, 0.717) is 13.0 Å². The minimum absolute atomic E-state index is 0.0348. The second-order valence-electron chi connectivity index (χ2n) is 8.26. The summed E-state index contributed by atoms with van der Waals surface area (Å²) in [7, 11) is 0. The molecule has 0 radical (unpaired) electrons. The molecule has 2 amide bonds. The average molecular weight is 350 g/mol. The predicted molar refractivity (Wildman–Crippen MR) is 87.5 cm³/mol. The van der Waals surface area contributed by atoms with Crippen LogP contribution in [0.3, 0.4) is 0 Å². The van der Waals surface area contributed by atoms with Crippen LogP contribution >= 0.6 is 0 Å². The van der Waals surface area contributed by atoms with E-state index in [9.17, 15) is 14.4 Å². The summed E-state index contributed by atoms with van der Waals surface area (Å²) >= 11 is 0. The molecule has 4 bridgehead atoms. The number of cyclic esters (lactones) is 1. The fourth-order valence-corrected chi connectivity index (χ4v) is 5.63. The third-order valence-corrected chi connectivity index (χ3v) is 6.19. The first-order chi connectivity index (χ1) is 12.0. The number of amides is 2. The number of carbonyl (C=O) groups excluding carboxylic acids is 3. The van der Waals surface area contributed by atoms with Gasteiger partial charge in [0.15, 0.2) is 0 Å². The van der Waals surface area contributed by atoms with Crippen molar-refractivity contribution in [3.05, 3.63) is 0 Å². The average Bonchev–Trinajstić information content (AvgIpc) is 2.90. The number of urea groups is 1. The van der Waals surface area contributed by atoms with Crippen molar-refractivity contribution in [3.63, 3.8) is 0 Å². The van der Waals surface area contributed by atoms with Gasteiger partial charge in [0.1, 0.15) is 0 Å². The van der Waals surface area contributed by atoms with E-state index in [1.807, 2.05) is 0 Å². The Labute approximate surface area is 147 Å². The molecule has 1 saturated heterocycles. The van der Waals surface area contributed by atoms with Crippen molar-refractivity contribution in [2.24, 2.45) is 17.8 Å². The first-order valence-corrected chi connectivity index (χ1v) is 9.43. The summed E-state index contributed by atoms with van der Waals surface area (Å²) in [6, 6.07) is -0.199. The van der Waals surface area contributed by atoms with Crippen molar-refractivity contribution in [2.45, 2.75) is 63.0 Å². The summed E-state index contributed by atoms with van der Waals surface area (Å²) in [5.74, 6) is 1.34. The Kier molecular flexibility index (Phi) is 4.33. The minimum atomic E-state index is -0.784. The maximum atomic E-state index is 12.3. The van der Waals surface area contributed by atoms with E-state index in [4.69, 9.17) is 9.47 Å². The lowest BCUT2D eigenvalue weighted by molar-refractivity contribution is -0.160. The lowest BCUT2D eigenvalue weighted by Gasteiger charge is -2.56. The lowest BCUT2D eigenvalue weighted by Crippen LogP contribution is -2.61. The fourth-order valence-electron chi connectivity index (χ4n) is 5.63. The molecular formula is C18H26N2O5. The number of ether oxygens (including phenoxy) is 2. The zero-order chi connectivity index (χ0) is 17.4. The highest BCUT2D eigenvalue weighted by Crippen LogP contribution is 2.55. The SMILES string of the molecule is O=C(NCCC(=O)O[C@H]1CCOC1=O)NC12CC3CC(CC(C3)C1)C2. The molecule has 0 aromatic heterocycles. The molecule has 0 aromatic rings. The van der Waals surface area contributed by atoms with Crippen molar-refractivity contribution in [1.29, 1.82) is 0 Å². The molecule has 5 fully saturated rings. The highest BCUT2D eigenvalue weighted by atomic mass is 16.6. The molecule has 7 nitrogen and oxygen atoms in total. The van der Waals surface area contributed by atoms with Crippen molar-refractivity contribution in [1.82, 2.24) is 10.6 Å². The maximum absolute atomic E-state index is 12.3. The third kappa shape index (κ3) is 3.60. The van der Waals surface area contributed by atoms with Crippen LogP contribution in [0.1, 0.15) is 51.4 Å². The van der Waals surface area contributed by atoms with Crippen LogP contribution in [0.15, 0.2) is 0 Å². The van der Waals surface area contributed by atoms with Crippen molar-refractivity contribution in [3.8, 4) is 0 Å². The Hall–Kier alpha value is -1.79. The fraction of sp³-hybridized carbons (Fsp3) is 0.833. The van der Waals surface area contributed by atoms with E-state index >= 15 is 0 Å². The number of nitrogens with one attached hydrogen (secondary N) is 2. The van der Waals surface area contributed by atoms with Crippen LogP contribution in [0, 0.1) is 17.8 Å². The van der Waals surface area contributed by atoms with Gasteiger partial charge in [-0.1, -0.05) is 0 Å². The van der Waals surface area contributed by atoms with Crippen molar-refractivity contribution in [2.75, 3.05) is 13.2 Å². The van der Waals surface area contributed by atoms with E-state index < -0.39 is 18.0 Å². The second kappa shape index (κ2) is 6.50. The molecule has 2 N–H and O–H groups in total. The number of hydrogen-bond donors (Lipinski definition) is 2. The normalized spacial score (nSPS) is 38.3. The number of hydrogen-bond acceptors (Lipinski definition) is 5. The molecule has 5 rings (SSSR count). The molecule has 5 aliphatic rings. The molecule has 4 aliphatic carbocycles. The predicted octanol–water partition coefficient (Wildman–Crippen LogP) is 1.50. The molecule has 0 aromatic carbocycles. The van der Waals surface area contributed by atoms with Crippen molar-refractivity contribution < 1.29 is 23.9 Å². The Morgan fingerprint density at radius 2 is 1.76 bits per heavy atom. The molecule has 1 atom stereocenters. The number of rotatable bonds is 5. The van der Waals surface area contributed by atoms with Gasteiger partial charge in [-0.15, -0.1) is 0 Å². The van der Waals surface area contributed by atoms with Gasteiger partial charge in [0.05, 0.1) is 13.0 Å². The molecule has 138 valence electrons. The minimum Gasteiger partial charge on any atom is -0.463 e. The monoisotopic (exact) mass is 350 g/mol. The molecule has 4 saturated carbocycles. The van der Waals surface area contributed by atoms with Crippen LogP contribution in [0.25, 0.3) is 0 Å². The van der Waals surface area contributed by atoms with Gasteiger partial charge in [0.2, 0.25) is 6.10 Å². The van der Waals surface area contributed by atoms with E-state index in [1.54, 1.807) is 0 Å². The second-order valence-corrected chi connectivity index (χ2v) is 8.26. The quantitative estimate of drug-likeness (QED) is 0.733. The zero-order valence-electron chi connectivity index (χ0n) is 14.4. The van der Waals surface area contributed by atoms with Gasteiger partial charge in [-0.2, -0.15) is 0 Å². The molecule has 25 heavy (non-hydrogen) atoms. The molecule has 7 heteroatoms. The molecule has 0 unspecified atom stereocenters. The molecule has 1 heterocycles. The van der Waals surface area contributed by atoms with E-state index in [2.05, 4.69) is 10.6 Å². The third-order valence-electron chi connectivity index (χ3n) is 6.19. The van der Waals surface area contributed by atoms with Gasteiger partial charge < -0.3 is 20.1 Å². The first kappa shape index (κ1) is 16.7. The van der Waals surface area contributed by atoms with Crippen LogP contribution in [0.5, 0.6) is 0 Å². The summed E-state index contributed by atoms with van der Waals surface area (Å²) in [4.78, 5) is 35.3. The Morgan fingerprint density at radius 3 is 2.32 bits per heavy atom. The van der Waals surface area contributed by atoms with Gasteiger partial charge in [0, 0.05) is 18.5 Å². The van der Waals surface area contributed by atoms with Crippen LogP contribution in [0.2, 0.25) is 0 Å². The van der Waals surface area contributed by atoms with E-state index in [-0.39, 0.29) is 24.5 Å². The first-order valence-electron chi connectivity index (χ1n) is 9.43. The van der Waals surface area contributed by atoms with Gasteiger partial charge in [-0.25, -0.2) is 9.59 Å². The smallest absolute Gasteiger partial charge is 0.347 e. The van der Waals surface area contributed by atoms with Crippen LogP contribution in [-0.2, 0) is 19.1 Å². The Balaban J connectivity index is 1.19.